The normalized spacial score (nSPS) is 16.2. The summed E-state index contributed by atoms with van der Waals surface area (Å²) < 4.78 is -1.14. The molecule has 0 aromatic heterocycles. The SMILES string of the molecule is C[Se]CC[C@@](N)([Cr])C(=O)O. The molecule has 0 bridgehead atoms. The molecule has 1 atom stereocenters. The second-order valence-corrected chi connectivity index (χ2v) is 5.14. The Labute approximate surface area is 74.9 Å². The standard InChI is InChI=1S/C5H10NO2Se.Cr/c1-9-3-2-4(6)5(7)8;/h2-3,6H2,1H3,(H,7,8);. The van der Waals surface area contributed by atoms with E-state index in [1.807, 2.05) is 0 Å². The van der Waals surface area contributed by atoms with Gasteiger partial charge in [0.25, 0.3) is 0 Å². The van der Waals surface area contributed by atoms with Crippen LogP contribution in [0.2, 0.25) is 11.1 Å². The van der Waals surface area contributed by atoms with Crippen LogP contribution in [0.15, 0.2) is 0 Å². The zero-order valence-corrected chi connectivity index (χ0v) is 8.65. The summed E-state index contributed by atoms with van der Waals surface area (Å²) in [5, 5.41) is 9.42. The number of hydrogen-bond acceptors (Lipinski definition) is 2. The van der Waals surface area contributed by atoms with Crippen LogP contribution >= 0.6 is 0 Å². The van der Waals surface area contributed by atoms with Gasteiger partial charge in [0.1, 0.15) is 0 Å². The first-order valence-electron chi connectivity index (χ1n) is 2.72. The summed E-state index contributed by atoms with van der Waals surface area (Å²) in [5.74, 6) is 1.10. The van der Waals surface area contributed by atoms with E-state index >= 15 is 0 Å². The minimum atomic E-state index is -1.14. The van der Waals surface area contributed by atoms with Crippen molar-refractivity contribution in [2.45, 2.75) is 22.0 Å². The monoisotopic (exact) mass is 248 g/mol. The molecular weight excluding hydrogens is 237 g/mol. The van der Waals surface area contributed by atoms with E-state index < -0.39 is 10.4 Å². The van der Waals surface area contributed by atoms with Crippen molar-refractivity contribution in [3.05, 3.63) is 0 Å². The number of aliphatic carboxylic acids is 1. The molecule has 3 N–H and O–H groups in total. The molecule has 0 radical (unpaired) electrons. The Kier molecular flexibility index (Phi) is 4.59. The van der Waals surface area contributed by atoms with Crippen molar-refractivity contribution in [3.8, 4) is 0 Å². The minimum absolute atomic E-state index is 0.504. The van der Waals surface area contributed by atoms with E-state index in [-0.39, 0.29) is 0 Å². The van der Waals surface area contributed by atoms with Crippen LogP contribution in [0.25, 0.3) is 0 Å². The van der Waals surface area contributed by atoms with E-state index in [0.717, 1.165) is 5.32 Å². The summed E-state index contributed by atoms with van der Waals surface area (Å²) >= 11 is 2.98. The summed E-state index contributed by atoms with van der Waals surface area (Å²) in [7, 11) is 0. The molecule has 10 heavy (non-hydrogen) atoms. The van der Waals surface area contributed by atoms with Crippen molar-refractivity contribution >= 4 is 20.9 Å². The molecule has 0 amide bonds. The van der Waals surface area contributed by atoms with Gasteiger partial charge in [-0.3, -0.25) is 0 Å². The van der Waals surface area contributed by atoms with Crippen molar-refractivity contribution in [1.29, 1.82) is 0 Å². The molecule has 5 heteroatoms. The molecule has 3 nitrogen and oxygen atoms in total. The number of carboxylic acids is 1. The van der Waals surface area contributed by atoms with Gasteiger partial charge in [0, 0.05) is 0 Å². The molecule has 0 saturated heterocycles. The van der Waals surface area contributed by atoms with E-state index in [2.05, 4.69) is 22.1 Å². The molecule has 0 rings (SSSR count). The maximum atomic E-state index is 10.4. The first kappa shape index (κ1) is 10.5. The number of rotatable bonds is 4. The molecule has 0 saturated carbocycles. The molecule has 59 valence electrons. The average molecular weight is 247 g/mol. The van der Waals surface area contributed by atoms with Crippen molar-refractivity contribution in [3.63, 3.8) is 0 Å². The van der Waals surface area contributed by atoms with Crippen LogP contribution in [-0.2, 0) is 21.1 Å². The van der Waals surface area contributed by atoms with Gasteiger partial charge >= 0.3 is 74.8 Å². The predicted octanol–water partition coefficient (Wildman–Crippen LogP) is -0.166. The van der Waals surface area contributed by atoms with Gasteiger partial charge in [-0.1, -0.05) is 0 Å². The topological polar surface area (TPSA) is 63.3 Å². The number of carbonyl (C=O) groups is 1. The average Bonchev–Trinajstić information content (AvgIpc) is 1.84. The molecule has 0 heterocycles. The van der Waals surface area contributed by atoms with E-state index in [4.69, 9.17) is 10.8 Å². The Morgan fingerprint density at radius 1 is 1.90 bits per heavy atom. The van der Waals surface area contributed by atoms with E-state index in [0.29, 0.717) is 21.4 Å². The van der Waals surface area contributed by atoms with Crippen molar-refractivity contribution in [2.24, 2.45) is 5.73 Å². The van der Waals surface area contributed by atoms with E-state index in [1.54, 1.807) is 0 Å². The molecule has 0 spiro atoms. The van der Waals surface area contributed by atoms with Crippen LogP contribution < -0.4 is 5.73 Å². The summed E-state index contributed by atoms with van der Waals surface area (Å²) in [6.07, 6.45) is 0.527. The first-order valence-corrected chi connectivity index (χ1v) is 6.28. The summed E-state index contributed by atoms with van der Waals surface area (Å²) in [4.78, 5) is 10.4. The molecule has 0 fully saturated rings. The molecule has 0 unspecified atom stereocenters. The molecule has 0 aromatic rings. The second-order valence-electron chi connectivity index (χ2n) is 1.94. The zero-order chi connectivity index (χ0) is 8.20. The Morgan fingerprint density at radius 2 is 2.40 bits per heavy atom. The predicted molar refractivity (Wildman–Crippen MR) is 35.6 cm³/mol. The van der Waals surface area contributed by atoms with Crippen LogP contribution in [0.1, 0.15) is 6.42 Å². The van der Waals surface area contributed by atoms with Gasteiger partial charge in [0.15, 0.2) is 0 Å². The van der Waals surface area contributed by atoms with Gasteiger partial charge < -0.3 is 0 Å². The van der Waals surface area contributed by atoms with Crippen LogP contribution in [0, 0.1) is 0 Å². The molecule has 0 aliphatic rings. The molecular formula is C5H10CrNO2Se. The fourth-order valence-corrected chi connectivity index (χ4v) is 2.10. The summed E-state index contributed by atoms with van der Waals surface area (Å²) in [6, 6.07) is 0. The molecule has 0 aliphatic carbocycles. The Morgan fingerprint density at radius 3 is 2.70 bits per heavy atom. The summed E-state index contributed by atoms with van der Waals surface area (Å²) in [5.41, 5.74) is 5.40. The fourth-order valence-electron chi connectivity index (χ4n) is 0.361. The van der Waals surface area contributed by atoms with E-state index in [9.17, 15) is 4.79 Å². The Bertz CT molecular complexity index is 129. The van der Waals surface area contributed by atoms with Gasteiger partial charge in [-0.05, 0) is 0 Å². The van der Waals surface area contributed by atoms with Gasteiger partial charge in [0.2, 0.25) is 0 Å². The third kappa shape index (κ3) is 3.60. The van der Waals surface area contributed by atoms with Crippen LogP contribution in [-0.4, -0.2) is 30.4 Å². The van der Waals surface area contributed by atoms with Crippen LogP contribution in [0.5, 0.6) is 0 Å². The summed E-state index contributed by atoms with van der Waals surface area (Å²) in [6.45, 7) is 0. The number of nitrogens with two attached hydrogens (primary N) is 1. The van der Waals surface area contributed by atoms with Gasteiger partial charge in [-0.2, -0.15) is 0 Å². The quantitative estimate of drug-likeness (QED) is 0.678. The van der Waals surface area contributed by atoms with Gasteiger partial charge in [-0.15, -0.1) is 0 Å². The van der Waals surface area contributed by atoms with Gasteiger partial charge in [-0.25, -0.2) is 0 Å². The fraction of sp³-hybridized carbons (Fsp3) is 0.800. The van der Waals surface area contributed by atoms with Crippen LogP contribution in [0.4, 0.5) is 0 Å². The van der Waals surface area contributed by atoms with Crippen molar-refractivity contribution < 1.29 is 26.2 Å². The third-order valence-electron chi connectivity index (χ3n) is 1.04. The first-order chi connectivity index (χ1) is 4.50. The molecule has 0 aliphatic heterocycles. The van der Waals surface area contributed by atoms with Gasteiger partial charge in [0.05, 0.1) is 0 Å². The zero-order valence-electron chi connectivity index (χ0n) is 5.66. The van der Waals surface area contributed by atoms with E-state index in [1.165, 1.54) is 0 Å². The number of hydrogen-bond donors (Lipinski definition) is 2. The Balaban J connectivity index is 3.75. The Hall–Kier alpha value is 0.482. The van der Waals surface area contributed by atoms with Crippen molar-refractivity contribution in [2.75, 3.05) is 0 Å². The molecule has 0 aromatic carbocycles. The van der Waals surface area contributed by atoms with Crippen LogP contribution in [0.3, 0.4) is 0 Å². The second kappa shape index (κ2) is 4.38. The number of carboxylic acid groups (broad SMARTS) is 1. The maximum absolute atomic E-state index is 10.4. The third-order valence-corrected chi connectivity index (χ3v) is 2.92. The van der Waals surface area contributed by atoms with Crippen molar-refractivity contribution in [1.82, 2.24) is 0 Å².